The largest absolute Gasteiger partial charge is 0.488 e. The number of benzene rings is 1. The maximum Gasteiger partial charge on any atom is 0.338 e. The molecule has 4 nitrogen and oxygen atoms in total. The molecule has 104 valence electrons. The number of para-hydroxylation sites is 1. The molecule has 0 unspecified atom stereocenters. The second kappa shape index (κ2) is 5.49. The molecule has 0 bridgehead atoms. The van der Waals surface area contributed by atoms with Crippen molar-refractivity contribution >= 4 is 17.8 Å². The van der Waals surface area contributed by atoms with E-state index in [1.165, 1.54) is 0 Å². The van der Waals surface area contributed by atoms with Crippen LogP contribution in [0.25, 0.3) is 6.08 Å². The lowest BCUT2D eigenvalue weighted by Crippen LogP contribution is -2.31. The predicted octanol–water partition coefficient (Wildman–Crippen LogP) is 2.52. The molecule has 1 atom stereocenters. The summed E-state index contributed by atoms with van der Waals surface area (Å²) in [7, 11) is 0. The van der Waals surface area contributed by atoms with Gasteiger partial charge in [0.25, 0.3) is 0 Å². The Hall–Kier alpha value is -2.10. The zero-order valence-electron chi connectivity index (χ0n) is 11.1. The average molecular weight is 272 g/mol. The SMILES string of the molecule is O=C(O[C@H]1CCCCC1=O)C1=Cc2ccccc2OC1. The highest BCUT2D eigenvalue weighted by molar-refractivity contribution is 5.97. The number of fused-ring (bicyclic) bond motifs is 1. The van der Waals surface area contributed by atoms with Crippen molar-refractivity contribution < 1.29 is 19.1 Å². The highest BCUT2D eigenvalue weighted by Gasteiger charge is 2.28. The maximum atomic E-state index is 12.1. The van der Waals surface area contributed by atoms with E-state index in [4.69, 9.17) is 9.47 Å². The molecular formula is C16H16O4. The highest BCUT2D eigenvalue weighted by Crippen LogP contribution is 2.27. The fourth-order valence-corrected chi connectivity index (χ4v) is 2.51. The van der Waals surface area contributed by atoms with Crippen LogP contribution in [-0.2, 0) is 14.3 Å². The molecule has 1 saturated carbocycles. The van der Waals surface area contributed by atoms with Crippen LogP contribution in [0.5, 0.6) is 5.75 Å². The summed E-state index contributed by atoms with van der Waals surface area (Å²) in [5.41, 5.74) is 1.32. The van der Waals surface area contributed by atoms with Crippen molar-refractivity contribution in [1.82, 2.24) is 0 Å². The lowest BCUT2D eigenvalue weighted by atomic mass is 9.96. The molecule has 0 N–H and O–H groups in total. The molecule has 20 heavy (non-hydrogen) atoms. The van der Waals surface area contributed by atoms with E-state index >= 15 is 0 Å². The van der Waals surface area contributed by atoms with E-state index in [9.17, 15) is 9.59 Å². The molecule has 4 heteroatoms. The van der Waals surface area contributed by atoms with Gasteiger partial charge in [0.1, 0.15) is 12.4 Å². The van der Waals surface area contributed by atoms with Gasteiger partial charge < -0.3 is 9.47 Å². The van der Waals surface area contributed by atoms with Gasteiger partial charge in [-0.25, -0.2) is 4.79 Å². The fraction of sp³-hybridized carbons (Fsp3) is 0.375. The van der Waals surface area contributed by atoms with Crippen LogP contribution in [0.4, 0.5) is 0 Å². The summed E-state index contributed by atoms with van der Waals surface area (Å²) in [6.07, 6.45) is 4.17. The van der Waals surface area contributed by atoms with Crippen molar-refractivity contribution in [3.63, 3.8) is 0 Å². The lowest BCUT2D eigenvalue weighted by molar-refractivity contribution is -0.153. The Balaban J connectivity index is 1.72. The van der Waals surface area contributed by atoms with Crippen molar-refractivity contribution in [2.75, 3.05) is 6.61 Å². The molecule has 0 aromatic heterocycles. The number of ketones is 1. The Bertz CT molecular complexity index is 574. The summed E-state index contributed by atoms with van der Waals surface area (Å²) < 4.78 is 10.8. The second-order valence-electron chi connectivity index (χ2n) is 5.10. The predicted molar refractivity (Wildman–Crippen MR) is 73.3 cm³/mol. The van der Waals surface area contributed by atoms with Gasteiger partial charge in [-0.05, 0) is 31.4 Å². The van der Waals surface area contributed by atoms with Crippen molar-refractivity contribution in [2.24, 2.45) is 0 Å². The number of rotatable bonds is 2. The molecule has 0 radical (unpaired) electrons. The monoisotopic (exact) mass is 272 g/mol. The maximum absolute atomic E-state index is 12.1. The third-order valence-electron chi connectivity index (χ3n) is 3.64. The van der Waals surface area contributed by atoms with Gasteiger partial charge in [-0.3, -0.25) is 4.79 Å². The van der Waals surface area contributed by atoms with E-state index in [-0.39, 0.29) is 12.4 Å². The van der Waals surface area contributed by atoms with Crippen LogP contribution in [0, 0.1) is 0 Å². The van der Waals surface area contributed by atoms with Crippen molar-refractivity contribution in [3.05, 3.63) is 35.4 Å². The number of esters is 1. The molecule has 0 saturated heterocycles. The van der Waals surface area contributed by atoms with Crippen LogP contribution in [-0.4, -0.2) is 24.5 Å². The van der Waals surface area contributed by atoms with Crippen molar-refractivity contribution in [3.8, 4) is 5.75 Å². The van der Waals surface area contributed by atoms with Crippen LogP contribution in [0.1, 0.15) is 31.2 Å². The average Bonchev–Trinajstić information content (AvgIpc) is 2.49. The third-order valence-corrected chi connectivity index (χ3v) is 3.64. The second-order valence-corrected chi connectivity index (χ2v) is 5.10. The minimum absolute atomic E-state index is 0.0299. The van der Waals surface area contributed by atoms with E-state index in [0.29, 0.717) is 18.4 Å². The van der Waals surface area contributed by atoms with E-state index in [1.807, 2.05) is 24.3 Å². The number of ether oxygens (including phenoxy) is 2. The van der Waals surface area contributed by atoms with Gasteiger partial charge in [0.15, 0.2) is 11.9 Å². The zero-order chi connectivity index (χ0) is 13.9. The minimum Gasteiger partial charge on any atom is -0.488 e. The molecule has 2 aliphatic rings. The van der Waals surface area contributed by atoms with Gasteiger partial charge in [-0.2, -0.15) is 0 Å². The zero-order valence-corrected chi connectivity index (χ0v) is 11.1. The molecule has 1 aliphatic carbocycles. The Labute approximate surface area is 117 Å². The van der Waals surface area contributed by atoms with Crippen LogP contribution in [0.15, 0.2) is 29.8 Å². The number of hydrogen-bond acceptors (Lipinski definition) is 4. The molecule has 0 amide bonds. The number of hydrogen-bond donors (Lipinski definition) is 0. The standard InChI is InChI=1S/C16H16O4/c17-13-6-2-4-8-15(13)20-16(18)12-9-11-5-1-3-7-14(11)19-10-12/h1,3,5,7,9,15H,2,4,6,8,10H2/t15-/m0/s1. The number of Topliss-reactive ketones (excluding diaryl/α,β-unsaturated/α-hetero) is 1. The normalized spacial score (nSPS) is 21.5. The highest BCUT2D eigenvalue weighted by atomic mass is 16.6. The van der Waals surface area contributed by atoms with E-state index in [0.717, 1.165) is 24.2 Å². The Kier molecular flexibility index (Phi) is 3.54. The molecule has 3 rings (SSSR count). The lowest BCUT2D eigenvalue weighted by Gasteiger charge is -2.22. The minimum atomic E-state index is -0.575. The van der Waals surface area contributed by atoms with E-state index in [2.05, 4.69) is 0 Å². The number of carbonyl (C=O) groups excluding carboxylic acids is 2. The topological polar surface area (TPSA) is 52.6 Å². The van der Waals surface area contributed by atoms with E-state index < -0.39 is 12.1 Å². The molecule has 0 spiro atoms. The summed E-state index contributed by atoms with van der Waals surface area (Å²) in [6, 6.07) is 7.51. The number of carbonyl (C=O) groups is 2. The van der Waals surface area contributed by atoms with Crippen molar-refractivity contribution in [1.29, 1.82) is 0 Å². The first-order valence-electron chi connectivity index (χ1n) is 6.90. The van der Waals surface area contributed by atoms with Crippen LogP contribution < -0.4 is 4.74 Å². The van der Waals surface area contributed by atoms with Crippen molar-refractivity contribution in [2.45, 2.75) is 31.8 Å². The van der Waals surface area contributed by atoms with E-state index in [1.54, 1.807) is 6.08 Å². The van der Waals surface area contributed by atoms with Gasteiger partial charge in [0.2, 0.25) is 0 Å². The third kappa shape index (κ3) is 2.59. The fourth-order valence-electron chi connectivity index (χ4n) is 2.51. The van der Waals surface area contributed by atoms with Crippen LogP contribution in [0.2, 0.25) is 0 Å². The van der Waals surface area contributed by atoms with Crippen LogP contribution in [0.3, 0.4) is 0 Å². The molecular weight excluding hydrogens is 256 g/mol. The molecule has 1 aromatic carbocycles. The summed E-state index contributed by atoms with van der Waals surface area (Å²) >= 11 is 0. The molecule has 1 heterocycles. The van der Waals surface area contributed by atoms with Gasteiger partial charge in [0, 0.05) is 12.0 Å². The Morgan fingerprint density at radius 1 is 1.25 bits per heavy atom. The summed E-state index contributed by atoms with van der Waals surface area (Å²) in [5, 5.41) is 0. The summed E-state index contributed by atoms with van der Waals surface area (Å²) in [4.78, 5) is 23.8. The first-order valence-corrected chi connectivity index (χ1v) is 6.90. The first-order chi connectivity index (χ1) is 9.74. The Morgan fingerprint density at radius 2 is 2.10 bits per heavy atom. The molecule has 1 fully saturated rings. The molecule has 1 aliphatic heterocycles. The van der Waals surface area contributed by atoms with Crippen LogP contribution >= 0.6 is 0 Å². The summed E-state index contributed by atoms with van der Waals surface area (Å²) in [5.74, 6) is 0.347. The first kappa shape index (κ1) is 12.9. The smallest absolute Gasteiger partial charge is 0.338 e. The molecule has 1 aromatic rings. The van der Waals surface area contributed by atoms with Gasteiger partial charge in [0.05, 0.1) is 5.57 Å². The Morgan fingerprint density at radius 3 is 2.95 bits per heavy atom. The quantitative estimate of drug-likeness (QED) is 0.776. The van der Waals surface area contributed by atoms with Gasteiger partial charge >= 0.3 is 5.97 Å². The van der Waals surface area contributed by atoms with Gasteiger partial charge in [-0.15, -0.1) is 0 Å². The van der Waals surface area contributed by atoms with Gasteiger partial charge in [-0.1, -0.05) is 18.2 Å². The summed E-state index contributed by atoms with van der Waals surface area (Å²) in [6.45, 7) is 0.191.